The summed E-state index contributed by atoms with van der Waals surface area (Å²) in [5.41, 5.74) is 3.43. The number of benzene rings is 4. The molecule has 0 fully saturated rings. The molecule has 0 aliphatic carbocycles. The number of carbonyl (C=O) groups excluding carboxylic acids is 2. The van der Waals surface area contributed by atoms with Crippen LogP contribution >= 0.6 is 22.7 Å². The summed E-state index contributed by atoms with van der Waals surface area (Å²) < 4.78 is 12.9. The molecule has 6 rings (SSSR count). The highest BCUT2D eigenvalue weighted by Gasteiger charge is 2.32. The van der Waals surface area contributed by atoms with Crippen LogP contribution in [-0.4, -0.2) is 26.2 Å². The van der Waals surface area contributed by atoms with Gasteiger partial charge in [0.25, 0.3) is 0 Å². The molecule has 0 saturated carbocycles. The van der Waals surface area contributed by atoms with E-state index in [0.717, 1.165) is 42.1 Å². The number of esters is 2. The highest BCUT2D eigenvalue weighted by molar-refractivity contribution is 7.26. The number of methoxy groups -OCH3 is 2. The van der Waals surface area contributed by atoms with E-state index in [2.05, 4.69) is 22.9 Å². The second-order valence-electron chi connectivity index (χ2n) is 8.29. The first kappa shape index (κ1) is 22.5. The second kappa shape index (κ2) is 8.90. The van der Waals surface area contributed by atoms with Gasteiger partial charge in [-0.3, -0.25) is 0 Å². The molecule has 2 heterocycles. The van der Waals surface area contributed by atoms with Crippen molar-refractivity contribution in [2.24, 2.45) is 0 Å². The van der Waals surface area contributed by atoms with E-state index in [1.165, 1.54) is 14.2 Å². The predicted octanol–water partition coefficient (Wildman–Crippen LogP) is 8.18. The van der Waals surface area contributed by atoms with E-state index in [-0.39, 0.29) is 11.1 Å². The Kier molecular flexibility index (Phi) is 5.55. The summed E-state index contributed by atoms with van der Waals surface area (Å²) in [7, 11) is 2.68. The van der Waals surface area contributed by atoms with Gasteiger partial charge in [0.2, 0.25) is 0 Å². The van der Waals surface area contributed by atoms with Gasteiger partial charge in [-0.15, -0.1) is 22.7 Å². The Morgan fingerprint density at radius 3 is 1.33 bits per heavy atom. The van der Waals surface area contributed by atoms with Crippen LogP contribution in [0.2, 0.25) is 0 Å². The van der Waals surface area contributed by atoms with Gasteiger partial charge in [-0.2, -0.15) is 0 Å². The van der Waals surface area contributed by atoms with Crippen LogP contribution in [0.15, 0.2) is 83.6 Å². The average Bonchev–Trinajstić information content (AvgIpc) is 3.62. The number of ether oxygens (including phenoxy) is 2. The summed E-state index contributed by atoms with van der Waals surface area (Å²) in [4.78, 5) is 27.1. The van der Waals surface area contributed by atoms with Crippen molar-refractivity contribution < 1.29 is 19.1 Å². The van der Waals surface area contributed by atoms with Gasteiger partial charge in [-0.25, -0.2) is 9.59 Å². The Bertz CT molecular complexity index is 1650. The maximum Gasteiger partial charge on any atom is 0.339 e. The van der Waals surface area contributed by atoms with Crippen molar-refractivity contribution in [2.75, 3.05) is 14.2 Å². The molecule has 0 aliphatic rings. The fourth-order valence-corrected chi connectivity index (χ4v) is 7.05. The van der Waals surface area contributed by atoms with Crippen molar-refractivity contribution in [3.8, 4) is 22.3 Å². The average molecular weight is 509 g/mol. The van der Waals surface area contributed by atoms with Gasteiger partial charge in [0, 0.05) is 32.7 Å². The molecule has 36 heavy (non-hydrogen) atoms. The van der Waals surface area contributed by atoms with Gasteiger partial charge in [0.05, 0.1) is 34.7 Å². The monoisotopic (exact) mass is 508 g/mol. The van der Waals surface area contributed by atoms with Crippen molar-refractivity contribution in [1.82, 2.24) is 0 Å². The van der Waals surface area contributed by atoms with Crippen LogP contribution in [-0.2, 0) is 9.47 Å². The largest absolute Gasteiger partial charge is 0.465 e. The van der Waals surface area contributed by atoms with Gasteiger partial charge in [0.15, 0.2) is 0 Å². The Hall–Kier alpha value is -4.00. The van der Waals surface area contributed by atoms with E-state index in [1.54, 1.807) is 22.7 Å². The van der Waals surface area contributed by atoms with E-state index in [4.69, 9.17) is 9.47 Å². The minimum Gasteiger partial charge on any atom is -0.465 e. The molecule has 0 saturated heterocycles. The first-order valence-electron chi connectivity index (χ1n) is 11.3. The quantitative estimate of drug-likeness (QED) is 0.225. The Balaban J connectivity index is 2.02. The highest BCUT2D eigenvalue weighted by Crippen LogP contribution is 2.50. The number of hydrogen-bond donors (Lipinski definition) is 0. The lowest BCUT2D eigenvalue weighted by atomic mass is 9.81. The van der Waals surface area contributed by atoms with Gasteiger partial charge in [0.1, 0.15) is 0 Å². The summed E-state index contributed by atoms with van der Waals surface area (Å²) in [6, 6.07) is 23.6. The van der Waals surface area contributed by atoms with Gasteiger partial charge in [-0.1, -0.05) is 60.7 Å². The summed E-state index contributed by atoms with van der Waals surface area (Å²) in [5.74, 6) is -1.16. The summed E-state index contributed by atoms with van der Waals surface area (Å²) in [6.07, 6.45) is 0. The normalized spacial score (nSPS) is 11.3. The minimum absolute atomic E-state index is 0.212. The maximum absolute atomic E-state index is 13.5. The lowest BCUT2D eigenvalue weighted by molar-refractivity contribution is 0.0557. The standard InChI is InChI=1S/C30H20O4S2/c1-33-29(31)25-21(17-9-5-3-6-10-17)23-19-13-15-35-27(19)28-20(14-16-36-28)24(23)22(26(25)30(32)34-2)18-11-7-4-8-12-18/h3-16H,1-2H3. The third-order valence-corrected chi connectivity index (χ3v) is 8.47. The highest BCUT2D eigenvalue weighted by atomic mass is 32.1. The van der Waals surface area contributed by atoms with Crippen molar-refractivity contribution in [2.45, 2.75) is 0 Å². The Morgan fingerprint density at radius 1 is 0.583 bits per heavy atom. The molecule has 0 N–H and O–H groups in total. The lowest BCUT2D eigenvalue weighted by Gasteiger charge is -2.22. The molecule has 2 aromatic heterocycles. The zero-order valence-electron chi connectivity index (χ0n) is 19.5. The van der Waals surface area contributed by atoms with Crippen LogP contribution in [0, 0.1) is 0 Å². The molecule has 0 unspecified atom stereocenters. The number of carbonyl (C=O) groups is 2. The third kappa shape index (κ3) is 3.26. The topological polar surface area (TPSA) is 52.6 Å². The molecule has 4 aromatic carbocycles. The van der Waals surface area contributed by atoms with Gasteiger partial charge < -0.3 is 9.47 Å². The predicted molar refractivity (Wildman–Crippen MR) is 148 cm³/mol. The summed E-state index contributed by atoms with van der Waals surface area (Å²) in [5, 5.41) is 8.09. The fourth-order valence-electron chi connectivity index (χ4n) is 5.05. The maximum atomic E-state index is 13.5. The zero-order chi connectivity index (χ0) is 24.8. The summed E-state index contributed by atoms with van der Waals surface area (Å²) >= 11 is 3.36. The van der Waals surface area contributed by atoms with Crippen LogP contribution in [0.4, 0.5) is 0 Å². The van der Waals surface area contributed by atoms with Crippen molar-refractivity contribution in [1.29, 1.82) is 0 Å². The summed E-state index contributed by atoms with van der Waals surface area (Å²) in [6.45, 7) is 0. The minimum atomic E-state index is -0.581. The molecular weight excluding hydrogens is 488 g/mol. The number of rotatable bonds is 4. The molecular formula is C30H20O4S2. The van der Waals surface area contributed by atoms with Crippen molar-refractivity contribution in [3.05, 3.63) is 94.7 Å². The van der Waals surface area contributed by atoms with E-state index in [0.29, 0.717) is 11.1 Å². The fraction of sp³-hybridized carbons (Fsp3) is 0.0667. The molecule has 6 aromatic rings. The van der Waals surface area contributed by atoms with Crippen molar-refractivity contribution >= 4 is 65.6 Å². The molecule has 6 heteroatoms. The van der Waals surface area contributed by atoms with E-state index in [1.807, 2.05) is 60.7 Å². The first-order chi connectivity index (χ1) is 17.7. The van der Waals surface area contributed by atoms with Crippen molar-refractivity contribution in [3.63, 3.8) is 0 Å². The number of thiophene rings is 2. The van der Waals surface area contributed by atoms with E-state index >= 15 is 0 Å². The third-order valence-electron chi connectivity index (χ3n) is 6.48. The molecule has 176 valence electrons. The molecule has 0 aliphatic heterocycles. The van der Waals surface area contributed by atoms with Crippen LogP contribution in [0.5, 0.6) is 0 Å². The van der Waals surface area contributed by atoms with E-state index < -0.39 is 11.9 Å². The molecule has 0 radical (unpaired) electrons. The molecule has 0 bridgehead atoms. The smallest absolute Gasteiger partial charge is 0.339 e. The van der Waals surface area contributed by atoms with Crippen LogP contribution in [0.25, 0.3) is 53.2 Å². The second-order valence-corrected chi connectivity index (χ2v) is 10.1. The van der Waals surface area contributed by atoms with Crippen LogP contribution < -0.4 is 0 Å². The van der Waals surface area contributed by atoms with E-state index in [9.17, 15) is 9.59 Å². The molecule has 0 amide bonds. The SMILES string of the molecule is COC(=O)c1c(C(=O)OC)c(-c2ccccc2)c2c3ccsc3c3sccc3c2c1-c1ccccc1. The number of hydrogen-bond acceptors (Lipinski definition) is 6. The molecule has 4 nitrogen and oxygen atoms in total. The van der Waals surface area contributed by atoms with Crippen LogP contribution in [0.3, 0.4) is 0 Å². The van der Waals surface area contributed by atoms with Gasteiger partial charge in [-0.05, 0) is 34.0 Å². The zero-order valence-corrected chi connectivity index (χ0v) is 21.2. The molecule has 0 spiro atoms. The van der Waals surface area contributed by atoms with Crippen LogP contribution in [0.1, 0.15) is 20.7 Å². The lowest BCUT2D eigenvalue weighted by Crippen LogP contribution is -2.16. The Labute approximate surface area is 215 Å². The van der Waals surface area contributed by atoms with Gasteiger partial charge >= 0.3 is 11.9 Å². The number of fused-ring (bicyclic) bond motifs is 6. The molecule has 0 atom stereocenters. The Morgan fingerprint density at radius 2 is 0.972 bits per heavy atom. The first-order valence-corrected chi connectivity index (χ1v) is 13.1.